The van der Waals surface area contributed by atoms with Gasteiger partial charge in [0.2, 0.25) is 10.0 Å². The van der Waals surface area contributed by atoms with Crippen molar-refractivity contribution in [1.29, 1.82) is 0 Å². The maximum Gasteiger partial charge on any atom is 0.241 e. The van der Waals surface area contributed by atoms with Crippen molar-refractivity contribution in [2.24, 2.45) is 5.92 Å². The van der Waals surface area contributed by atoms with Gasteiger partial charge in [-0.3, -0.25) is 0 Å². The van der Waals surface area contributed by atoms with Gasteiger partial charge in [0.25, 0.3) is 0 Å². The lowest BCUT2D eigenvalue weighted by molar-refractivity contribution is 0.495. The third-order valence-electron chi connectivity index (χ3n) is 3.80. The second-order valence-electron chi connectivity index (χ2n) is 5.83. The first-order valence-electron chi connectivity index (χ1n) is 7.85. The Morgan fingerprint density at radius 2 is 2.14 bits per heavy atom. The summed E-state index contributed by atoms with van der Waals surface area (Å²) in [6.45, 7) is 5.86. The van der Waals surface area contributed by atoms with E-state index in [-0.39, 0.29) is 6.04 Å². The standard InChI is InChI=1S/C15H26N2O2S2/c1-3-7-16-10-14-9-15(11-20-14)21(18,19)17-13(4-2)8-12-5-6-12/h9,11-13,16-17H,3-8,10H2,1-2H3. The van der Waals surface area contributed by atoms with Crippen molar-refractivity contribution in [2.75, 3.05) is 6.54 Å². The molecule has 2 rings (SSSR count). The molecule has 1 atom stereocenters. The molecule has 0 radical (unpaired) electrons. The SMILES string of the molecule is CCCNCc1cc(S(=O)(=O)NC(CC)CC2CC2)cs1. The van der Waals surface area contributed by atoms with Gasteiger partial charge in [-0.25, -0.2) is 13.1 Å². The molecule has 0 aliphatic heterocycles. The van der Waals surface area contributed by atoms with Gasteiger partial charge in [-0.2, -0.15) is 0 Å². The van der Waals surface area contributed by atoms with Gasteiger partial charge in [0.05, 0.1) is 4.90 Å². The number of hydrogen-bond donors (Lipinski definition) is 2. The molecular weight excluding hydrogens is 304 g/mol. The van der Waals surface area contributed by atoms with Crippen molar-refractivity contribution in [2.45, 2.75) is 63.4 Å². The Morgan fingerprint density at radius 1 is 1.38 bits per heavy atom. The highest BCUT2D eigenvalue weighted by atomic mass is 32.2. The lowest BCUT2D eigenvalue weighted by Crippen LogP contribution is -2.34. The number of hydrogen-bond acceptors (Lipinski definition) is 4. The molecule has 0 spiro atoms. The van der Waals surface area contributed by atoms with Gasteiger partial charge in [-0.1, -0.05) is 26.7 Å². The van der Waals surface area contributed by atoms with Crippen LogP contribution in [0.25, 0.3) is 0 Å². The predicted molar refractivity (Wildman–Crippen MR) is 88.1 cm³/mol. The quantitative estimate of drug-likeness (QED) is 0.648. The van der Waals surface area contributed by atoms with Crippen LogP contribution in [0.4, 0.5) is 0 Å². The maximum absolute atomic E-state index is 12.4. The highest BCUT2D eigenvalue weighted by molar-refractivity contribution is 7.89. The summed E-state index contributed by atoms with van der Waals surface area (Å²) in [6.07, 6.45) is 5.42. The topological polar surface area (TPSA) is 58.2 Å². The minimum absolute atomic E-state index is 0.0732. The first-order valence-corrected chi connectivity index (χ1v) is 10.2. The van der Waals surface area contributed by atoms with Crippen LogP contribution in [-0.4, -0.2) is 21.0 Å². The molecule has 0 bridgehead atoms. The fourth-order valence-electron chi connectivity index (χ4n) is 2.32. The van der Waals surface area contributed by atoms with Crippen LogP contribution in [0.1, 0.15) is 50.8 Å². The smallest absolute Gasteiger partial charge is 0.241 e. The highest BCUT2D eigenvalue weighted by Gasteiger charge is 2.27. The molecule has 1 saturated carbocycles. The third-order valence-corrected chi connectivity index (χ3v) is 6.38. The Labute approximate surface area is 132 Å². The fraction of sp³-hybridized carbons (Fsp3) is 0.733. The average Bonchev–Trinajstić information content (AvgIpc) is 3.12. The summed E-state index contributed by atoms with van der Waals surface area (Å²) in [6, 6.07) is 1.86. The van der Waals surface area contributed by atoms with E-state index >= 15 is 0 Å². The molecule has 0 amide bonds. The van der Waals surface area contributed by atoms with Gasteiger partial charge >= 0.3 is 0 Å². The zero-order chi connectivity index (χ0) is 15.3. The number of thiophene rings is 1. The van der Waals surface area contributed by atoms with Crippen molar-refractivity contribution >= 4 is 21.4 Å². The van der Waals surface area contributed by atoms with Crippen LogP contribution in [-0.2, 0) is 16.6 Å². The Hall–Kier alpha value is -0.430. The maximum atomic E-state index is 12.4. The summed E-state index contributed by atoms with van der Waals surface area (Å²) >= 11 is 1.51. The largest absolute Gasteiger partial charge is 0.312 e. The Balaban J connectivity index is 1.94. The zero-order valence-electron chi connectivity index (χ0n) is 12.9. The van der Waals surface area contributed by atoms with Crippen LogP contribution in [0.3, 0.4) is 0 Å². The van der Waals surface area contributed by atoms with Gasteiger partial charge in [0.1, 0.15) is 0 Å². The molecule has 1 aliphatic rings. The minimum Gasteiger partial charge on any atom is -0.312 e. The minimum atomic E-state index is -3.37. The molecule has 2 N–H and O–H groups in total. The molecule has 1 aromatic heterocycles. The summed E-state index contributed by atoms with van der Waals surface area (Å²) in [7, 11) is -3.37. The first-order chi connectivity index (χ1) is 10.0. The van der Waals surface area contributed by atoms with E-state index in [1.165, 1.54) is 24.2 Å². The zero-order valence-corrected chi connectivity index (χ0v) is 14.5. The van der Waals surface area contributed by atoms with Crippen LogP contribution in [0.5, 0.6) is 0 Å². The summed E-state index contributed by atoms with van der Waals surface area (Å²) in [5, 5.41) is 5.04. The van der Waals surface area contributed by atoms with E-state index < -0.39 is 10.0 Å². The molecule has 1 aliphatic carbocycles. The predicted octanol–water partition coefficient (Wildman–Crippen LogP) is 3.10. The summed E-state index contributed by atoms with van der Waals surface area (Å²) in [4.78, 5) is 1.48. The van der Waals surface area contributed by atoms with Crippen LogP contribution in [0.2, 0.25) is 0 Å². The molecule has 120 valence electrons. The van der Waals surface area contributed by atoms with E-state index in [2.05, 4.69) is 17.0 Å². The third kappa shape index (κ3) is 5.36. The Bertz CT molecular complexity index is 536. The second kappa shape index (κ2) is 7.72. The van der Waals surface area contributed by atoms with Crippen molar-refractivity contribution in [3.63, 3.8) is 0 Å². The van der Waals surface area contributed by atoms with Crippen LogP contribution < -0.4 is 10.0 Å². The second-order valence-corrected chi connectivity index (χ2v) is 8.54. The van der Waals surface area contributed by atoms with Crippen LogP contribution in [0.15, 0.2) is 16.3 Å². The number of sulfonamides is 1. The van der Waals surface area contributed by atoms with Crippen LogP contribution >= 0.6 is 11.3 Å². The average molecular weight is 331 g/mol. The molecule has 4 nitrogen and oxygen atoms in total. The molecule has 0 aromatic carbocycles. The van der Waals surface area contributed by atoms with E-state index in [4.69, 9.17) is 0 Å². The molecule has 1 aromatic rings. The molecular formula is C15H26N2O2S2. The van der Waals surface area contributed by atoms with Gasteiger partial charge < -0.3 is 5.32 Å². The van der Waals surface area contributed by atoms with Crippen LogP contribution in [0, 0.1) is 5.92 Å². The lowest BCUT2D eigenvalue weighted by atomic mass is 10.1. The van der Waals surface area contributed by atoms with E-state index in [1.54, 1.807) is 11.4 Å². The Kier molecular flexibility index (Phi) is 6.22. The van der Waals surface area contributed by atoms with Gasteiger partial charge in [-0.15, -0.1) is 11.3 Å². The molecule has 0 saturated heterocycles. The summed E-state index contributed by atoms with van der Waals surface area (Å²) in [5.74, 6) is 0.730. The van der Waals surface area contributed by atoms with E-state index in [0.29, 0.717) is 4.90 Å². The molecule has 21 heavy (non-hydrogen) atoms. The highest BCUT2D eigenvalue weighted by Crippen LogP contribution is 2.34. The normalized spacial score (nSPS) is 17.0. The van der Waals surface area contributed by atoms with E-state index in [1.807, 2.05) is 6.92 Å². The summed E-state index contributed by atoms with van der Waals surface area (Å²) in [5.41, 5.74) is 0. The molecule has 1 heterocycles. The molecule has 1 fully saturated rings. The number of nitrogens with one attached hydrogen (secondary N) is 2. The molecule has 1 unspecified atom stereocenters. The van der Waals surface area contributed by atoms with Gasteiger partial charge in [0, 0.05) is 22.8 Å². The van der Waals surface area contributed by atoms with Gasteiger partial charge in [0.15, 0.2) is 0 Å². The molecule has 6 heteroatoms. The van der Waals surface area contributed by atoms with E-state index in [9.17, 15) is 8.42 Å². The van der Waals surface area contributed by atoms with Crippen molar-refractivity contribution < 1.29 is 8.42 Å². The van der Waals surface area contributed by atoms with Crippen molar-refractivity contribution in [3.8, 4) is 0 Å². The van der Waals surface area contributed by atoms with Crippen molar-refractivity contribution in [1.82, 2.24) is 10.0 Å². The number of rotatable bonds is 10. The van der Waals surface area contributed by atoms with Crippen molar-refractivity contribution in [3.05, 3.63) is 16.3 Å². The lowest BCUT2D eigenvalue weighted by Gasteiger charge is -2.16. The summed E-state index contributed by atoms with van der Waals surface area (Å²) < 4.78 is 27.7. The fourth-order valence-corrected chi connectivity index (χ4v) is 4.90. The monoisotopic (exact) mass is 330 g/mol. The van der Waals surface area contributed by atoms with E-state index in [0.717, 1.165) is 43.1 Å². The van der Waals surface area contributed by atoms with Gasteiger partial charge in [-0.05, 0) is 37.8 Å². The Morgan fingerprint density at radius 3 is 2.76 bits per heavy atom. The first kappa shape index (κ1) is 16.9.